The molecule has 0 saturated heterocycles. The van der Waals surface area contributed by atoms with Gasteiger partial charge in [0.1, 0.15) is 13.2 Å². The van der Waals surface area contributed by atoms with E-state index in [1.165, 1.54) is 0 Å². The average Bonchev–Trinajstić information content (AvgIpc) is 2.66. The van der Waals surface area contributed by atoms with Gasteiger partial charge in [-0.2, -0.15) is 5.10 Å². The molecule has 2 N–H and O–H groups in total. The maximum absolute atomic E-state index is 12.2. The van der Waals surface area contributed by atoms with Gasteiger partial charge in [0.2, 0.25) is 5.91 Å². The van der Waals surface area contributed by atoms with Crippen LogP contribution in [-0.4, -0.2) is 30.7 Å². The third-order valence-corrected chi connectivity index (χ3v) is 3.87. The number of rotatable bonds is 5. The first-order valence-corrected chi connectivity index (χ1v) is 8.61. The van der Waals surface area contributed by atoms with E-state index in [9.17, 15) is 9.59 Å². The molecule has 0 fully saturated rings. The number of benzene rings is 2. The fourth-order valence-corrected chi connectivity index (χ4v) is 2.60. The smallest absolute Gasteiger partial charge is 0.271 e. The molecular weight excluding hydrogens is 346 g/mol. The number of hydrogen-bond donors (Lipinski definition) is 2. The third-order valence-electron chi connectivity index (χ3n) is 3.87. The fourth-order valence-electron chi connectivity index (χ4n) is 2.60. The van der Waals surface area contributed by atoms with Gasteiger partial charge < -0.3 is 14.8 Å². The second-order valence-electron chi connectivity index (χ2n) is 6.24. The highest BCUT2D eigenvalue weighted by molar-refractivity contribution is 6.06. The summed E-state index contributed by atoms with van der Waals surface area (Å²) in [5.74, 6) is 0.716. The van der Waals surface area contributed by atoms with E-state index in [4.69, 9.17) is 9.47 Å². The van der Waals surface area contributed by atoms with E-state index in [0.717, 1.165) is 5.56 Å². The van der Waals surface area contributed by atoms with Crippen LogP contribution in [0, 0.1) is 6.92 Å². The molecule has 0 spiro atoms. The molecule has 0 unspecified atom stereocenters. The number of nitrogens with zero attached hydrogens (tertiary/aromatic N) is 1. The number of nitrogens with one attached hydrogen (secondary N) is 2. The summed E-state index contributed by atoms with van der Waals surface area (Å²) >= 11 is 0. The van der Waals surface area contributed by atoms with Gasteiger partial charge in [-0.25, -0.2) is 5.43 Å². The van der Waals surface area contributed by atoms with Crippen LogP contribution in [0.1, 0.15) is 29.3 Å². The highest BCUT2D eigenvalue weighted by atomic mass is 16.6. The van der Waals surface area contributed by atoms with Crippen molar-refractivity contribution in [2.45, 2.75) is 20.3 Å². The van der Waals surface area contributed by atoms with Gasteiger partial charge in [-0.1, -0.05) is 17.7 Å². The minimum Gasteiger partial charge on any atom is -0.486 e. The van der Waals surface area contributed by atoms with Crippen molar-refractivity contribution in [3.05, 3.63) is 53.6 Å². The summed E-state index contributed by atoms with van der Waals surface area (Å²) in [7, 11) is 0. The number of carbonyl (C=O) groups excluding carboxylic acids is 2. The molecule has 2 aromatic carbocycles. The minimum atomic E-state index is -0.315. The van der Waals surface area contributed by atoms with Crippen LogP contribution in [0.2, 0.25) is 0 Å². The van der Waals surface area contributed by atoms with Crippen LogP contribution in [0.5, 0.6) is 11.5 Å². The molecule has 0 saturated carbocycles. The molecule has 0 aromatic heterocycles. The monoisotopic (exact) mass is 367 g/mol. The molecule has 0 aliphatic carbocycles. The Labute approximate surface area is 157 Å². The Morgan fingerprint density at radius 1 is 1.07 bits per heavy atom. The van der Waals surface area contributed by atoms with Crippen molar-refractivity contribution in [1.82, 2.24) is 5.43 Å². The van der Waals surface area contributed by atoms with Gasteiger partial charge in [0.15, 0.2) is 11.5 Å². The van der Waals surface area contributed by atoms with Gasteiger partial charge in [-0.15, -0.1) is 0 Å². The molecule has 0 radical (unpaired) electrons. The number of hydrazone groups is 1. The lowest BCUT2D eigenvalue weighted by Gasteiger charge is -2.19. The number of carbonyl (C=O) groups is 2. The molecular formula is C20H21N3O4. The van der Waals surface area contributed by atoms with E-state index in [1.807, 2.05) is 19.1 Å². The van der Waals surface area contributed by atoms with Gasteiger partial charge >= 0.3 is 0 Å². The van der Waals surface area contributed by atoms with Crippen molar-refractivity contribution < 1.29 is 19.1 Å². The topological polar surface area (TPSA) is 89.0 Å². The average molecular weight is 367 g/mol. The molecule has 3 rings (SSSR count). The first-order chi connectivity index (χ1) is 13.0. The number of ether oxygens (including phenoxy) is 2. The Morgan fingerprint density at radius 3 is 2.63 bits per heavy atom. The number of hydrogen-bond acceptors (Lipinski definition) is 5. The Balaban J connectivity index is 1.54. The molecule has 7 heteroatoms. The third kappa shape index (κ3) is 5.07. The van der Waals surface area contributed by atoms with Crippen LogP contribution in [0.3, 0.4) is 0 Å². The molecule has 7 nitrogen and oxygen atoms in total. The molecule has 0 atom stereocenters. The van der Waals surface area contributed by atoms with Gasteiger partial charge in [-0.05, 0) is 38.1 Å². The van der Waals surface area contributed by atoms with E-state index in [0.29, 0.717) is 41.7 Å². The number of fused-ring (bicyclic) bond motifs is 1. The van der Waals surface area contributed by atoms with E-state index in [1.54, 1.807) is 37.3 Å². The van der Waals surface area contributed by atoms with Crippen LogP contribution in [0.25, 0.3) is 0 Å². The lowest BCUT2D eigenvalue weighted by Crippen LogP contribution is -2.21. The zero-order valence-corrected chi connectivity index (χ0v) is 15.2. The van der Waals surface area contributed by atoms with Crippen molar-refractivity contribution in [1.29, 1.82) is 0 Å². The Morgan fingerprint density at radius 2 is 1.85 bits per heavy atom. The van der Waals surface area contributed by atoms with Crippen LogP contribution in [-0.2, 0) is 4.79 Å². The molecule has 140 valence electrons. The second kappa shape index (κ2) is 8.35. The fraction of sp³-hybridized carbons (Fsp3) is 0.250. The van der Waals surface area contributed by atoms with E-state index >= 15 is 0 Å². The van der Waals surface area contributed by atoms with Crippen molar-refractivity contribution in [2.75, 3.05) is 18.5 Å². The van der Waals surface area contributed by atoms with Crippen molar-refractivity contribution in [3.63, 3.8) is 0 Å². The Bertz CT molecular complexity index is 893. The lowest BCUT2D eigenvalue weighted by molar-refractivity contribution is -0.115. The Kier molecular flexibility index (Phi) is 5.71. The molecule has 27 heavy (non-hydrogen) atoms. The molecule has 2 amide bonds. The van der Waals surface area contributed by atoms with E-state index in [2.05, 4.69) is 15.8 Å². The van der Waals surface area contributed by atoms with Crippen LogP contribution >= 0.6 is 0 Å². The first kappa shape index (κ1) is 18.4. The van der Waals surface area contributed by atoms with Gasteiger partial charge in [0.25, 0.3) is 5.91 Å². The zero-order chi connectivity index (χ0) is 19.2. The van der Waals surface area contributed by atoms with E-state index in [-0.39, 0.29) is 18.2 Å². The number of amides is 2. The first-order valence-electron chi connectivity index (χ1n) is 8.61. The summed E-state index contributed by atoms with van der Waals surface area (Å²) in [6, 6.07) is 12.4. The summed E-state index contributed by atoms with van der Waals surface area (Å²) in [6.45, 7) is 4.59. The highest BCUT2D eigenvalue weighted by Crippen LogP contribution is 2.32. The molecule has 1 aliphatic rings. The summed E-state index contributed by atoms with van der Waals surface area (Å²) in [5.41, 5.74) is 5.08. The summed E-state index contributed by atoms with van der Waals surface area (Å²) < 4.78 is 10.9. The van der Waals surface area contributed by atoms with Crippen molar-refractivity contribution >= 4 is 23.2 Å². The van der Waals surface area contributed by atoms with Gasteiger partial charge in [0, 0.05) is 23.0 Å². The number of aryl methyl sites for hydroxylation is 1. The summed E-state index contributed by atoms with van der Waals surface area (Å²) in [4.78, 5) is 24.2. The van der Waals surface area contributed by atoms with Gasteiger partial charge in [0.05, 0.1) is 6.42 Å². The molecule has 0 bridgehead atoms. The standard InChI is InChI=1S/C20H21N3O4/c1-13-4-3-5-15(10-13)20(25)23-22-14(2)11-19(24)21-16-6-7-17-18(12-16)27-9-8-26-17/h3-7,10,12H,8-9,11H2,1-2H3,(H,21,24)(H,23,25)/b22-14-. The lowest BCUT2D eigenvalue weighted by atomic mass is 10.1. The predicted molar refractivity (Wildman–Crippen MR) is 102 cm³/mol. The van der Waals surface area contributed by atoms with Crippen LogP contribution < -0.4 is 20.2 Å². The second-order valence-corrected chi connectivity index (χ2v) is 6.24. The summed E-state index contributed by atoms with van der Waals surface area (Å²) in [5, 5.41) is 6.78. The summed E-state index contributed by atoms with van der Waals surface area (Å²) in [6.07, 6.45) is 0.0581. The molecule has 1 aliphatic heterocycles. The predicted octanol–water partition coefficient (Wildman–Crippen LogP) is 2.90. The van der Waals surface area contributed by atoms with Crippen molar-refractivity contribution in [3.8, 4) is 11.5 Å². The largest absolute Gasteiger partial charge is 0.486 e. The highest BCUT2D eigenvalue weighted by Gasteiger charge is 2.13. The van der Waals surface area contributed by atoms with E-state index < -0.39 is 0 Å². The number of anilines is 1. The normalized spacial score (nSPS) is 13.0. The van der Waals surface area contributed by atoms with Crippen LogP contribution in [0.15, 0.2) is 47.6 Å². The Hall–Kier alpha value is -3.35. The maximum Gasteiger partial charge on any atom is 0.271 e. The quantitative estimate of drug-likeness (QED) is 0.628. The van der Waals surface area contributed by atoms with Crippen molar-refractivity contribution in [2.24, 2.45) is 5.10 Å². The maximum atomic E-state index is 12.2. The molecule has 2 aromatic rings. The SMILES string of the molecule is C/C(CC(=O)Nc1ccc2c(c1)OCCO2)=N/NC(=O)c1cccc(C)c1. The zero-order valence-electron chi connectivity index (χ0n) is 15.2. The minimum absolute atomic E-state index is 0.0581. The van der Waals surface area contributed by atoms with Gasteiger partial charge in [-0.3, -0.25) is 9.59 Å². The molecule has 1 heterocycles. The van der Waals surface area contributed by atoms with Crippen LogP contribution in [0.4, 0.5) is 5.69 Å².